The molecule has 6 aromatic rings. The second kappa shape index (κ2) is 21.7. The summed E-state index contributed by atoms with van der Waals surface area (Å²) >= 11 is 0. The van der Waals surface area contributed by atoms with Gasteiger partial charge in [0, 0.05) is 33.5 Å². The van der Waals surface area contributed by atoms with Gasteiger partial charge in [0.1, 0.15) is 54.1 Å². The van der Waals surface area contributed by atoms with Crippen molar-refractivity contribution in [3.8, 4) is 0 Å². The first-order chi connectivity index (χ1) is 37.0. The van der Waals surface area contributed by atoms with Crippen molar-refractivity contribution in [1.29, 1.82) is 0 Å². The third kappa shape index (κ3) is 11.5. The minimum absolute atomic E-state index is 0.00853. The molecule has 1 amide bonds. The Kier molecular flexibility index (Phi) is 16.0. The number of fused-ring (bicyclic) bond motifs is 3. The number of methoxy groups -OCH3 is 1. The summed E-state index contributed by atoms with van der Waals surface area (Å²) in [5.41, 5.74) is 13.6. The molecular weight excluding hydrogens is 1150 g/mol. The standard InChI is InChI=1S/C36H50N16O23P4/c1-48(2)17(53)5-13-14(71-32(21(13)54)52-12-49(3)20-29(52)45-36(39)47-31(20)58)6-69-77(61,62)74-79(65,66)75-78(63,64)70-8-16-25(24(67-4)34(73-16)50-10-42-18-26(37)40-9-41-27(18)50)76(59,60)68-7-15-22(55)23(56)33(72-15)51-11-43-19-28(51)44-35(38)46-30(19)57/h9-16,21-25,32-34,54-56H,5-8H2,1-4H3,(H11-,37,38,39,40,41,44,45,46,47,57,58,59,60,61,62,63,64,65,66)/p+1/t13-,14-,15-,16-,21-,22-,23-,24-,25-,32?,33-,34-/m1/s1. The number of aromatic nitrogens is 12. The van der Waals surface area contributed by atoms with Gasteiger partial charge >= 0.3 is 36.6 Å². The normalized spacial score (nSPS) is 29.5. The Balaban J connectivity index is 0.897. The van der Waals surface area contributed by atoms with Gasteiger partial charge in [-0.2, -0.15) is 23.2 Å². The summed E-state index contributed by atoms with van der Waals surface area (Å²) in [6.45, 7) is -3.35. The smallest absolute Gasteiger partial charge is 0.387 e. The molecule has 3 fully saturated rings. The summed E-state index contributed by atoms with van der Waals surface area (Å²) < 4.78 is 106. The van der Waals surface area contributed by atoms with Crippen molar-refractivity contribution in [2.75, 3.05) is 58.2 Å². The Morgan fingerprint density at radius 3 is 1.91 bits per heavy atom. The second-order valence-corrected chi connectivity index (χ2v) is 24.8. The van der Waals surface area contributed by atoms with E-state index in [2.05, 4.69) is 48.5 Å². The molecule has 0 radical (unpaired) electrons. The SMILES string of the molecule is CO[C@@H]1[C@H](P(=O)(O)OC[C@H]2O[C@@H](n3cnc4c(=O)[nH]c(N)nc43)[C@H](O)[C@@H]2O)[C@@H](COP(=O)(O)OP(=O)(O)OP(=O)(O)OC[C@H]2OC(n3c[n+](C)c4c(=O)[nH]c(N)nc43)[C@H](O)[C@@H]2CC(=O)N(C)C)O[C@H]1n1cnc2c(N)ncnc21. The number of carbonyl (C=O) groups is 1. The van der Waals surface area contributed by atoms with E-state index in [4.69, 9.17) is 49.7 Å². The molecule has 3 aliphatic rings. The molecule has 9 heterocycles. The largest absolute Gasteiger partial charge is 0.490 e. The number of phosphoric ester groups is 2. The molecule has 9 rings (SSSR count). The van der Waals surface area contributed by atoms with Crippen LogP contribution >= 0.6 is 31.1 Å². The number of aromatic amines is 2. The number of hydrogen-bond donors (Lipinski definition) is 12. The van der Waals surface area contributed by atoms with Gasteiger partial charge in [-0.3, -0.25) is 47.1 Å². The topological polar surface area (TPSA) is 553 Å². The molecule has 6 aromatic heterocycles. The van der Waals surface area contributed by atoms with E-state index in [0.29, 0.717) is 0 Å². The minimum Gasteiger partial charge on any atom is -0.387 e. The molecule has 5 unspecified atom stereocenters. The van der Waals surface area contributed by atoms with Crippen molar-refractivity contribution in [2.45, 2.75) is 73.5 Å². The van der Waals surface area contributed by atoms with E-state index in [1.807, 2.05) is 0 Å². The summed E-state index contributed by atoms with van der Waals surface area (Å²) in [5.74, 6) is -2.52. The van der Waals surface area contributed by atoms with Gasteiger partial charge in [0.25, 0.3) is 16.7 Å². The van der Waals surface area contributed by atoms with Crippen molar-refractivity contribution in [1.82, 2.24) is 58.5 Å². The maximum Gasteiger partial charge on any atom is 0.490 e. The lowest BCUT2D eigenvalue weighted by Crippen LogP contribution is -2.38. The van der Waals surface area contributed by atoms with Gasteiger partial charge in [-0.1, -0.05) is 0 Å². The zero-order valence-electron chi connectivity index (χ0n) is 41.2. The maximum atomic E-state index is 14.5. The van der Waals surface area contributed by atoms with Crippen LogP contribution in [0.5, 0.6) is 0 Å². The molecule has 3 saturated heterocycles. The van der Waals surface area contributed by atoms with E-state index in [1.54, 1.807) is 0 Å². The van der Waals surface area contributed by atoms with Crippen LogP contribution in [0.25, 0.3) is 33.5 Å². The number of nitrogen functional groups attached to an aromatic ring is 3. The molecule has 79 heavy (non-hydrogen) atoms. The van der Waals surface area contributed by atoms with Crippen LogP contribution in [-0.4, -0.2) is 189 Å². The number of nitrogens with two attached hydrogens (primary N) is 3. The second-order valence-electron chi connectivity index (χ2n) is 18.1. The molecule has 0 saturated carbocycles. The lowest BCUT2D eigenvalue weighted by atomic mass is 9.94. The highest BCUT2D eigenvalue weighted by Crippen LogP contribution is 2.68. The zero-order chi connectivity index (χ0) is 57.4. The summed E-state index contributed by atoms with van der Waals surface area (Å²) in [6, 6.07) is 0. The van der Waals surface area contributed by atoms with E-state index in [-0.39, 0.29) is 51.2 Å². The highest BCUT2D eigenvalue weighted by Gasteiger charge is 2.58. The fraction of sp³-hybridized carbons (Fsp3) is 0.556. The molecule has 39 nitrogen and oxygen atoms in total. The number of hydrogen-bond acceptors (Lipinski definition) is 28. The molecule has 3 aliphatic heterocycles. The van der Waals surface area contributed by atoms with Gasteiger partial charge in [0.15, 0.2) is 35.1 Å². The molecule has 0 bridgehead atoms. The van der Waals surface area contributed by atoms with Crippen LogP contribution in [0.2, 0.25) is 0 Å². The quantitative estimate of drug-likeness (QED) is 0.0257. The van der Waals surface area contributed by atoms with Crippen LogP contribution in [0.15, 0.2) is 34.9 Å². The predicted molar refractivity (Wildman–Crippen MR) is 259 cm³/mol. The minimum atomic E-state index is -6.25. The van der Waals surface area contributed by atoms with E-state index < -0.39 is 147 Å². The van der Waals surface area contributed by atoms with E-state index >= 15 is 0 Å². The molecular formula is C36H51N16O23P4+. The number of aliphatic hydroxyl groups is 3. The van der Waals surface area contributed by atoms with Crippen molar-refractivity contribution in [3.05, 3.63) is 46.0 Å². The summed E-state index contributed by atoms with van der Waals surface area (Å²) in [7, 11) is -18.1. The number of aliphatic hydroxyl groups excluding tert-OH is 3. The molecule has 15 N–H and O–H groups in total. The number of H-pyrrole nitrogens is 2. The Bertz CT molecular complexity index is 3630. The van der Waals surface area contributed by atoms with Crippen LogP contribution in [0.4, 0.5) is 17.7 Å². The maximum absolute atomic E-state index is 14.5. The lowest BCUT2D eigenvalue weighted by molar-refractivity contribution is -0.646. The zero-order valence-corrected chi connectivity index (χ0v) is 44.7. The fourth-order valence-electron chi connectivity index (χ4n) is 9.21. The Hall–Kier alpha value is -5.60. The molecule has 0 aliphatic carbocycles. The van der Waals surface area contributed by atoms with Crippen LogP contribution in [0.1, 0.15) is 25.1 Å². The predicted octanol–water partition coefficient (Wildman–Crippen LogP) is -3.91. The Labute approximate surface area is 440 Å². The van der Waals surface area contributed by atoms with Crippen LogP contribution in [-0.2, 0) is 71.2 Å². The Morgan fingerprint density at radius 2 is 1.27 bits per heavy atom. The van der Waals surface area contributed by atoms with Gasteiger partial charge in [-0.25, -0.2) is 38.2 Å². The highest BCUT2D eigenvalue weighted by molar-refractivity contribution is 7.66. The first-order valence-electron chi connectivity index (χ1n) is 22.8. The molecule has 16 atom stereocenters. The van der Waals surface area contributed by atoms with Crippen molar-refractivity contribution >= 4 is 88.2 Å². The van der Waals surface area contributed by atoms with Gasteiger partial charge in [-0.05, 0) is 0 Å². The lowest BCUT2D eigenvalue weighted by Gasteiger charge is -2.28. The van der Waals surface area contributed by atoms with E-state index in [9.17, 15) is 67.5 Å². The van der Waals surface area contributed by atoms with Gasteiger partial charge in [-0.15, -0.1) is 0 Å². The number of nitrogens with zero attached hydrogens (tertiary/aromatic N) is 11. The van der Waals surface area contributed by atoms with Gasteiger partial charge < -0.3 is 80.5 Å². The fourth-order valence-corrected chi connectivity index (χ4v) is 14.5. The number of carbonyl (C=O) groups excluding carboxylic acids is 1. The first-order valence-corrected chi connectivity index (χ1v) is 29.0. The number of imidazole rings is 3. The molecule has 432 valence electrons. The van der Waals surface area contributed by atoms with Crippen LogP contribution < -0.4 is 32.9 Å². The van der Waals surface area contributed by atoms with Gasteiger partial charge in [0.2, 0.25) is 30.4 Å². The number of anilines is 3. The number of ether oxygens (including phenoxy) is 4. The van der Waals surface area contributed by atoms with Crippen molar-refractivity contribution in [2.24, 2.45) is 13.0 Å². The molecule has 43 heteroatoms. The van der Waals surface area contributed by atoms with Crippen molar-refractivity contribution in [3.63, 3.8) is 0 Å². The average molecular weight is 1200 g/mol. The first kappa shape index (κ1) is 58.1. The summed E-state index contributed by atoms with van der Waals surface area (Å²) in [6.07, 6.45) is -12.3. The number of phosphoric acid groups is 3. The number of rotatable bonds is 20. The third-order valence-corrected chi connectivity index (χ3v) is 19.0. The van der Waals surface area contributed by atoms with Crippen molar-refractivity contribution < 1.29 is 104 Å². The van der Waals surface area contributed by atoms with E-state index in [0.717, 1.165) is 30.7 Å². The number of amides is 1. The average Bonchev–Trinajstić information content (AvgIpc) is 4.43. The number of aryl methyl sites for hydroxylation is 1. The van der Waals surface area contributed by atoms with Crippen LogP contribution in [0.3, 0.4) is 0 Å². The van der Waals surface area contributed by atoms with Gasteiger partial charge in [0.05, 0.1) is 45.6 Å². The summed E-state index contributed by atoms with van der Waals surface area (Å²) in [4.78, 5) is 111. The molecule has 0 spiro atoms. The number of nitrogens with one attached hydrogen (secondary N) is 2. The third-order valence-electron chi connectivity index (χ3n) is 12.8. The van der Waals surface area contributed by atoms with E-state index in [1.165, 1.54) is 46.1 Å². The monoisotopic (exact) mass is 1200 g/mol. The molecule has 0 aromatic carbocycles. The van der Waals surface area contributed by atoms with Crippen LogP contribution in [0, 0.1) is 5.92 Å². The Morgan fingerprint density at radius 1 is 0.709 bits per heavy atom. The summed E-state index contributed by atoms with van der Waals surface area (Å²) in [5, 5.41) is 33.5. The highest BCUT2D eigenvalue weighted by atomic mass is 31.3.